The highest BCUT2D eigenvalue weighted by Crippen LogP contribution is 2.47. The number of halogens is 7. The van der Waals surface area contributed by atoms with Gasteiger partial charge in [-0.3, -0.25) is 9.59 Å². The molecule has 1 aliphatic carbocycles. The fraction of sp³-hybridized carbons (Fsp3) is 0.500. The lowest BCUT2D eigenvalue weighted by Gasteiger charge is -2.34. The zero-order chi connectivity index (χ0) is 22.9. The topological polar surface area (TPSA) is 43.4 Å². The van der Waals surface area contributed by atoms with Gasteiger partial charge in [0.05, 0.1) is 0 Å². The minimum absolute atomic E-state index is 0.0341. The number of hydrogen-bond acceptors (Lipinski definition) is 3. The molecule has 0 saturated carbocycles. The van der Waals surface area contributed by atoms with E-state index >= 15 is 0 Å². The minimum Gasteiger partial charge on any atom is -0.289 e. The van der Waals surface area contributed by atoms with Gasteiger partial charge in [-0.05, 0) is 19.3 Å². The molecule has 0 saturated heterocycles. The number of benzene rings is 1. The third-order valence-electron chi connectivity index (χ3n) is 4.93. The van der Waals surface area contributed by atoms with Crippen LogP contribution in [0.5, 0.6) is 0 Å². The van der Waals surface area contributed by atoms with Crippen molar-refractivity contribution in [1.29, 1.82) is 0 Å². The summed E-state index contributed by atoms with van der Waals surface area (Å²) in [5.74, 6) is -8.13. The van der Waals surface area contributed by atoms with Gasteiger partial charge in [0.15, 0.2) is 11.6 Å². The van der Waals surface area contributed by atoms with E-state index in [1.54, 1.807) is 6.92 Å². The number of unbranched alkanes of at least 4 members (excludes halogenated alkanes) is 1. The first kappa shape index (κ1) is 24.0. The Morgan fingerprint density at radius 3 is 1.93 bits per heavy atom. The van der Waals surface area contributed by atoms with E-state index in [1.807, 2.05) is 0 Å². The Morgan fingerprint density at radius 1 is 0.933 bits per heavy atom. The Kier molecular flexibility index (Phi) is 6.80. The summed E-state index contributed by atoms with van der Waals surface area (Å²) in [5.41, 5.74) is -0.676. The van der Waals surface area contributed by atoms with Gasteiger partial charge in [-0.1, -0.05) is 44.0 Å². The van der Waals surface area contributed by atoms with Gasteiger partial charge in [-0.15, -0.1) is 13.2 Å². The quantitative estimate of drug-likeness (QED) is 0.465. The molecule has 2 rings (SSSR count). The van der Waals surface area contributed by atoms with Crippen molar-refractivity contribution in [3.8, 4) is 0 Å². The molecule has 1 aliphatic rings. The molecule has 0 amide bonds. The first-order chi connectivity index (χ1) is 13.7. The maximum Gasteiger partial charge on any atom is 0.525 e. The Morgan fingerprint density at radius 2 is 1.47 bits per heavy atom. The molecule has 2 unspecified atom stereocenters. The summed E-state index contributed by atoms with van der Waals surface area (Å²) in [6.07, 6.45) is -13.3. The zero-order valence-electron chi connectivity index (χ0n) is 16.1. The van der Waals surface area contributed by atoms with Gasteiger partial charge in [0, 0.05) is 28.7 Å². The van der Waals surface area contributed by atoms with Crippen LogP contribution in [0.3, 0.4) is 0 Å². The number of allylic oxidation sites excluding steroid dienone is 2. The van der Waals surface area contributed by atoms with E-state index in [9.17, 15) is 40.3 Å². The third-order valence-corrected chi connectivity index (χ3v) is 4.93. The number of ketones is 2. The molecule has 2 atom stereocenters. The predicted molar refractivity (Wildman–Crippen MR) is 92.5 cm³/mol. The smallest absolute Gasteiger partial charge is 0.289 e. The van der Waals surface area contributed by atoms with Crippen molar-refractivity contribution in [2.75, 3.05) is 0 Å². The number of fused-ring (bicyclic) bond motifs is 1. The molecule has 0 aliphatic heterocycles. The van der Waals surface area contributed by atoms with Crippen LogP contribution in [0.2, 0.25) is 0 Å². The molecule has 0 radical (unpaired) electrons. The fourth-order valence-electron chi connectivity index (χ4n) is 3.53. The first-order valence-corrected chi connectivity index (χ1v) is 9.13. The molecule has 0 aromatic heterocycles. The maximum atomic E-state index is 14.6. The van der Waals surface area contributed by atoms with Crippen LogP contribution in [0.15, 0.2) is 35.4 Å². The van der Waals surface area contributed by atoms with Gasteiger partial charge in [-0.2, -0.15) is 13.2 Å². The molecule has 166 valence electrons. The number of hydrogen-bond donors (Lipinski definition) is 0. The van der Waals surface area contributed by atoms with Crippen molar-refractivity contribution in [3.05, 3.63) is 46.5 Å². The van der Waals surface area contributed by atoms with Crippen molar-refractivity contribution < 1.29 is 45.1 Å². The summed E-state index contributed by atoms with van der Waals surface area (Å²) >= 11 is 0. The lowest BCUT2D eigenvalue weighted by atomic mass is 9.75. The van der Waals surface area contributed by atoms with Gasteiger partial charge in [0.25, 0.3) is 0 Å². The molecular weight excluding hydrogens is 421 g/mol. The maximum absolute atomic E-state index is 14.6. The lowest BCUT2D eigenvalue weighted by Crippen LogP contribution is -2.49. The minimum atomic E-state index is -6.01. The van der Waals surface area contributed by atoms with Crippen LogP contribution < -0.4 is 0 Å². The molecule has 0 bridgehead atoms. The van der Waals surface area contributed by atoms with E-state index in [4.69, 9.17) is 0 Å². The van der Waals surface area contributed by atoms with Crippen molar-refractivity contribution in [2.45, 2.75) is 57.9 Å². The summed E-state index contributed by atoms with van der Waals surface area (Å²) in [4.78, 5) is 25.5. The fourth-order valence-corrected chi connectivity index (χ4v) is 3.53. The van der Waals surface area contributed by atoms with E-state index in [-0.39, 0.29) is 29.5 Å². The van der Waals surface area contributed by atoms with Crippen LogP contribution >= 0.6 is 0 Å². The van der Waals surface area contributed by atoms with Crippen LogP contribution in [0, 0.1) is 5.92 Å². The van der Waals surface area contributed by atoms with Gasteiger partial charge in [-0.25, -0.2) is 9.13 Å². The van der Waals surface area contributed by atoms with Gasteiger partial charge < -0.3 is 0 Å². The van der Waals surface area contributed by atoms with Crippen LogP contribution in [-0.4, -0.2) is 30.0 Å². The van der Waals surface area contributed by atoms with Gasteiger partial charge in [0.2, 0.25) is 0 Å². The van der Waals surface area contributed by atoms with Crippen LogP contribution in [0.4, 0.5) is 30.7 Å². The van der Waals surface area contributed by atoms with Crippen molar-refractivity contribution in [3.63, 3.8) is 0 Å². The van der Waals surface area contributed by atoms with E-state index in [1.165, 1.54) is 31.2 Å². The number of alkyl halides is 7. The third kappa shape index (κ3) is 4.91. The Labute approximate surface area is 167 Å². The summed E-state index contributed by atoms with van der Waals surface area (Å²) in [7, 11) is 0. The Hall–Kier alpha value is -2.23. The van der Waals surface area contributed by atoms with Crippen LogP contribution in [-0.2, 0) is 4.74 Å². The van der Waals surface area contributed by atoms with Crippen LogP contribution in [0.1, 0.15) is 60.2 Å². The number of rotatable bonds is 7. The monoisotopic (exact) mass is 440 g/mol. The van der Waals surface area contributed by atoms with Gasteiger partial charge >= 0.3 is 18.4 Å². The summed E-state index contributed by atoms with van der Waals surface area (Å²) in [6, 6.07) is 5.58. The normalized spacial score (nSPS) is 18.3. The largest absolute Gasteiger partial charge is 0.525 e. The molecule has 0 N–H and O–H groups in total. The first-order valence-electron chi connectivity index (χ1n) is 9.13. The summed E-state index contributed by atoms with van der Waals surface area (Å²) in [5, 5.41) is 0. The molecule has 30 heavy (non-hydrogen) atoms. The Balaban J connectivity index is 2.55. The number of Topliss-reactive ketones (excluding diaryl/α,β-unsaturated/α-hetero) is 2. The second-order valence-corrected chi connectivity index (χ2v) is 7.06. The molecule has 0 fully saturated rings. The van der Waals surface area contributed by atoms with E-state index in [0.29, 0.717) is 6.42 Å². The van der Waals surface area contributed by atoms with Crippen molar-refractivity contribution >= 4 is 11.6 Å². The van der Waals surface area contributed by atoms with Crippen LogP contribution in [0.25, 0.3) is 0 Å². The van der Waals surface area contributed by atoms with E-state index < -0.39 is 47.9 Å². The van der Waals surface area contributed by atoms with Crippen molar-refractivity contribution in [2.24, 2.45) is 5.92 Å². The molecule has 0 heterocycles. The highest BCUT2D eigenvalue weighted by atomic mass is 19.4. The van der Waals surface area contributed by atoms with Gasteiger partial charge in [0.1, 0.15) is 0 Å². The highest BCUT2D eigenvalue weighted by molar-refractivity contribution is 6.26. The molecule has 10 heteroatoms. The highest BCUT2D eigenvalue weighted by Gasteiger charge is 2.63. The summed E-state index contributed by atoms with van der Waals surface area (Å²) < 4.78 is 94.7. The van der Waals surface area contributed by atoms with E-state index in [2.05, 4.69) is 4.74 Å². The molecular formula is C20H19F7O3. The number of carbonyl (C=O) groups is 2. The second kappa shape index (κ2) is 8.49. The standard InChI is InChI=1S/C20H19F7O3/c1-3-4-7-12(10-18(21,19(22,23)24)30-20(25,26)27)15-11(2)16(28)13-8-5-6-9-14(13)17(15)29/h5-6,8-9,12H,3-4,7,10H2,1-2H3. The Bertz CT molecular complexity index is 855. The zero-order valence-corrected chi connectivity index (χ0v) is 16.1. The summed E-state index contributed by atoms with van der Waals surface area (Å²) in [6.45, 7) is 2.86. The van der Waals surface area contributed by atoms with Crippen molar-refractivity contribution in [1.82, 2.24) is 0 Å². The second-order valence-electron chi connectivity index (χ2n) is 7.06. The SMILES string of the molecule is CCCCC(CC(F)(OC(F)(F)F)C(F)(F)F)C1=C(C)C(=O)c2ccccc2C1=O. The average Bonchev–Trinajstić information content (AvgIpc) is 2.62. The molecule has 1 aromatic rings. The molecule has 3 nitrogen and oxygen atoms in total. The lowest BCUT2D eigenvalue weighted by molar-refractivity contribution is -0.450. The molecule has 1 aromatic carbocycles. The number of carbonyl (C=O) groups excluding carboxylic acids is 2. The molecule has 0 spiro atoms. The van der Waals surface area contributed by atoms with E-state index in [0.717, 1.165) is 0 Å². The predicted octanol–water partition coefficient (Wildman–Crippen LogP) is 6.34. The number of ether oxygens (including phenoxy) is 1. The average molecular weight is 440 g/mol.